The lowest BCUT2D eigenvalue weighted by Crippen LogP contribution is -2.41. The van der Waals surface area contributed by atoms with Crippen LogP contribution in [0.3, 0.4) is 0 Å². The van der Waals surface area contributed by atoms with Gasteiger partial charge in [-0.15, -0.1) is 0 Å². The van der Waals surface area contributed by atoms with Crippen LogP contribution in [0, 0.1) is 0 Å². The lowest BCUT2D eigenvalue weighted by Gasteiger charge is -2.40. The van der Waals surface area contributed by atoms with Crippen LogP contribution in [0.1, 0.15) is 30.0 Å². The molecule has 0 saturated carbocycles. The van der Waals surface area contributed by atoms with Gasteiger partial charge in [0.25, 0.3) is 0 Å². The summed E-state index contributed by atoms with van der Waals surface area (Å²) < 4.78 is 17.6. The molecule has 102 valence electrons. The Labute approximate surface area is 111 Å². The molecule has 3 rings (SSSR count). The monoisotopic (exact) mass is 265 g/mol. The fourth-order valence-electron chi connectivity index (χ4n) is 3.07. The summed E-state index contributed by atoms with van der Waals surface area (Å²) in [5.41, 5.74) is 2.11. The van der Waals surface area contributed by atoms with E-state index in [1.807, 2.05) is 0 Å². The fourth-order valence-corrected chi connectivity index (χ4v) is 3.07. The zero-order valence-electron chi connectivity index (χ0n) is 10.8. The predicted octanol–water partition coefficient (Wildman–Crippen LogP) is 2.22. The van der Waals surface area contributed by atoms with Crippen molar-refractivity contribution in [2.75, 3.05) is 20.2 Å². The van der Waals surface area contributed by atoms with E-state index in [1.165, 1.54) is 7.11 Å². The van der Waals surface area contributed by atoms with Crippen molar-refractivity contribution in [2.45, 2.75) is 25.3 Å². The smallest absolute Gasteiger partial charge is 0.213 e. The lowest BCUT2D eigenvalue weighted by molar-refractivity contribution is -0.123. The summed E-state index contributed by atoms with van der Waals surface area (Å²) in [7, 11) is 1.48. The molecule has 1 aromatic carbocycles. The van der Waals surface area contributed by atoms with Gasteiger partial charge in [0.05, 0.1) is 7.11 Å². The molecule has 1 fully saturated rings. The number of Topliss-reactive ketones (excluding diaryl/α,β-unsaturated/α-hetero) is 1. The Morgan fingerprint density at radius 1 is 1.26 bits per heavy atom. The summed E-state index contributed by atoms with van der Waals surface area (Å²) in [6, 6.07) is 3.59. The van der Waals surface area contributed by atoms with E-state index < -0.39 is 0 Å². The third kappa shape index (κ3) is 2.08. The summed E-state index contributed by atoms with van der Waals surface area (Å²) in [4.78, 5) is 17.8. The van der Waals surface area contributed by atoms with Crippen LogP contribution >= 0.6 is 0 Å². The van der Waals surface area contributed by atoms with Gasteiger partial charge in [-0.25, -0.2) is 0 Å². The van der Waals surface area contributed by atoms with E-state index in [-0.39, 0.29) is 11.8 Å². The number of hydrogen-bond donors (Lipinski definition) is 0. The van der Waals surface area contributed by atoms with Crippen molar-refractivity contribution < 1.29 is 19.0 Å². The molecule has 1 saturated heterocycles. The molecule has 2 heterocycles. The average molecular weight is 265 g/mol. The van der Waals surface area contributed by atoms with Gasteiger partial charge in [-0.1, -0.05) is 0 Å². The molecule has 1 atom stereocenters. The van der Waals surface area contributed by atoms with Gasteiger partial charge in [0.1, 0.15) is 5.78 Å². The first kappa shape index (κ1) is 12.4. The summed E-state index contributed by atoms with van der Waals surface area (Å²) in [6.45, 7) is 1.72. The minimum absolute atomic E-state index is 0.104. The molecule has 0 aromatic heterocycles. The Hall–Kier alpha value is -1.62. The number of benzene rings is 1. The highest BCUT2D eigenvalue weighted by atomic mass is 19.3. The van der Waals surface area contributed by atoms with E-state index in [0.717, 1.165) is 30.6 Å². The highest BCUT2D eigenvalue weighted by Gasteiger charge is 2.33. The van der Waals surface area contributed by atoms with Crippen LogP contribution in [-0.2, 0) is 11.2 Å². The van der Waals surface area contributed by atoms with Crippen LogP contribution in [0.5, 0.6) is 11.5 Å². The molecule has 2 aliphatic heterocycles. The number of carbonyl (C=O) groups is 1. The summed E-state index contributed by atoms with van der Waals surface area (Å²) in [6.07, 6.45) is 2.01. The Morgan fingerprint density at radius 2 is 2.05 bits per heavy atom. The third-order valence-corrected chi connectivity index (χ3v) is 4.08. The van der Waals surface area contributed by atoms with Crippen molar-refractivity contribution in [2.24, 2.45) is 0 Å². The van der Waals surface area contributed by atoms with E-state index in [0.29, 0.717) is 24.4 Å². The van der Waals surface area contributed by atoms with Crippen LogP contribution < -0.4 is 9.68 Å². The molecule has 0 spiro atoms. The number of nitrogens with zero attached hydrogens (tertiary/aromatic N) is 1. The number of carbonyl (C=O) groups excluding carboxylic acids is 1. The van der Waals surface area contributed by atoms with Crippen LogP contribution in [0.2, 0.25) is 0 Å². The number of rotatable bonds is 2. The van der Waals surface area contributed by atoms with Gasteiger partial charge in [-0.05, 0) is 29.7 Å². The Kier molecular flexibility index (Phi) is 3.14. The molecule has 4 nitrogen and oxygen atoms in total. The third-order valence-electron chi connectivity index (χ3n) is 4.08. The van der Waals surface area contributed by atoms with Crippen LogP contribution in [-0.4, -0.2) is 30.9 Å². The zero-order valence-corrected chi connectivity index (χ0v) is 10.8. The van der Waals surface area contributed by atoms with Crippen molar-refractivity contribution in [3.05, 3.63) is 23.3 Å². The van der Waals surface area contributed by atoms with Crippen molar-refractivity contribution in [3.63, 3.8) is 0 Å². The highest BCUT2D eigenvalue weighted by Crippen LogP contribution is 2.41. The van der Waals surface area contributed by atoms with E-state index in [4.69, 9.17) is 4.74 Å². The number of ketones is 1. The molecule has 19 heavy (non-hydrogen) atoms. The maximum absolute atomic E-state index is 12.5. The standard InChI is InChI=1S/C14H16FNO3/c1-18-13-8-11-9(6-14(13)19-15)2-4-16-5-3-10(17)7-12(11)16/h6,8,12H,2-5,7H2,1H3. The van der Waals surface area contributed by atoms with Gasteiger partial charge in [0.2, 0.25) is 5.75 Å². The maximum Gasteiger partial charge on any atom is 0.213 e. The first-order valence-electron chi connectivity index (χ1n) is 6.48. The molecule has 0 bridgehead atoms. The quantitative estimate of drug-likeness (QED) is 0.822. The van der Waals surface area contributed by atoms with Crippen molar-refractivity contribution in [1.29, 1.82) is 0 Å². The fraction of sp³-hybridized carbons (Fsp3) is 0.500. The van der Waals surface area contributed by atoms with Gasteiger partial charge in [0.15, 0.2) is 5.75 Å². The van der Waals surface area contributed by atoms with E-state index in [9.17, 15) is 9.32 Å². The first-order chi connectivity index (χ1) is 9.22. The molecular formula is C14H16FNO3. The number of halogens is 1. The molecule has 1 unspecified atom stereocenters. The number of fused-ring (bicyclic) bond motifs is 3. The molecular weight excluding hydrogens is 249 g/mol. The first-order valence-corrected chi connectivity index (χ1v) is 6.48. The van der Waals surface area contributed by atoms with E-state index in [1.54, 1.807) is 12.1 Å². The van der Waals surface area contributed by atoms with Crippen molar-refractivity contribution in [1.82, 2.24) is 4.90 Å². The Bertz CT molecular complexity index is 518. The molecule has 0 aliphatic carbocycles. The second kappa shape index (κ2) is 4.81. The van der Waals surface area contributed by atoms with Gasteiger partial charge in [-0.2, -0.15) is 0 Å². The minimum Gasteiger partial charge on any atom is -0.493 e. The van der Waals surface area contributed by atoms with Crippen LogP contribution in [0.15, 0.2) is 12.1 Å². The second-order valence-corrected chi connectivity index (χ2v) is 5.07. The van der Waals surface area contributed by atoms with Gasteiger partial charge in [-0.3, -0.25) is 14.6 Å². The van der Waals surface area contributed by atoms with E-state index in [2.05, 4.69) is 9.84 Å². The number of methoxy groups -OCH3 is 1. The van der Waals surface area contributed by atoms with Crippen LogP contribution in [0.4, 0.5) is 4.53 Å². The summed E-state index contributed by atoms with van der Waals surface area (Å²) >= 11 is 0. The van der Waals surface area contributed by atoms with Crippen LogP contribution in [0.25, 0.3) is 0 Å². The second-order valence-electron chi connectivity index (χ2n) is 5.07. The number of ether oxygens (including phenoxy) is 1. The molecule has 2 aliphatic rings. The maximum atomic E-state index is 12.5. The average Bonchev–Trinajstić information content (AvgIpc) is 2.45. The number of hydrogen-bond acceptors (Lipinski definition) is 4. The molecule has 0 N–H and O–H groups in total. The minimum atomic E-state index is 0.104. The van der Waals surface area contributed by atoms with Crippen molar-refractivity contribution in [3.8, 4) is 11.5 Å². The Balaban J connectivity index is 2.03. The highest BCUT2D eigenvalue weighted by molar-refractivity contribution is 5.80. The lowest BCUT2D eigenvalue weighted by atomic mass is 9.86. The van der Waals surface area contributed by atoms with Gasteiger partial charge < -0.3 is 4.74 Å². The zero-order chi connectivity index (χ0) is 13.4. The number of piperidine rings is 1. The van der Waals surface area contributed by atoms with Gasteiger partial charge >= 0.3 is 0 Å². The molecule has 5 heteroatoms. The summed E-state index contributed by atoms with van der Waals surface area (Å²) in [5.74, 6) is 0.775. The Morgan fingerprint density at radius 3 is 2.79 bits per heavy atom. The molecule has 0 radical (unpaired) electrons. The SMILES string of the molecule is COc1cc2c(cc1OF)CCN1CCC(=O)CC21. The van der Waals surface area contributed by atoms with E-state index >= 15 is 0 Å². The van der Waals surface area contributed by atoms with Crippen molar-refractivity contribution >= 4 is 5.78 Å². The topological polar surface area (TPSA) is 38.8 Å². The normalized spacial score (nSPS) is 22.6. The molecule has 0 amide bonds. The predicted molar refractivity (Wildman–Crippen MR) is 67.0 cm³/mol. The largest absolute Gasteiger partial charge is 0.493 e. The van der Waals surface area contributed by atoms with Gasteiger partial charge in [0, 0.05) is 36.5 Å². The summed E-state index contributed by atoms with van der Waals surface area (Å²) in [5, 5.41) is 0. The molecule has 1 aromatic rings.